The lowest BCUT2D eigenvalue weighted by atomic mass is 10.1. The van der Waals surface area contributed by atoms with Crippen LogP contribution in [0.15, 0.2) is 66.7 Å². The summed E-state index contributed by atoms with van der Waals surface area (Å²) in [7, 11) is 3.19. The molecule has 0 fully saturated rings. The van der Waals surface area contributed by atoms with Crippen LogP contribution in [-0.4, -0.2) is 32.6 Å². The Morgan fingerprint density at radius 1 is 0.758 bits per heavy atom. The molecule has 3 rings (SSSR count). The fraction of sp³-hybridized carbons (Fsp3) is 0.231. The van der Waals surface area contributed by atoms with Crippen LogP contribution >= 0.6 is 0 Å². The van der Waals surface area contributed by atoms with E-state index < -0.39 is 0 Å². The third-order valence-electron chi connectivity index (χ3n) is 4.96. The van der Waals surface area contributed by atoms with Crippen LogP contribution in [0.3, 0.4) is 0 Å². The Morgan fingerprint density at radius 2 is 1.33 bits per heavy atom. The van der Waals surface area contributed by atoms with Crippen molar-refractivity contribution >= 4 is 11.8 Å². The highest BCUT2D eigenvalue weighted by atomic mass is 16.5. The highest BCUT2D eigenvalue weighted by molar-refractivity contribution is 6.01. The monoisotopic (exact) mass is 448 g/mol. The van der Waals surface area contributed by atoms with Gasteiger partial charge in [0, 0.05) is 18.7 Å². The van der Waals surface area contributed by atoms with Gasteiger partial charge in [0.2, 0.25) is 0 Å². The summed E-state index contributed by atoms with van der Waals surface area (Å²) in [6.07, 6.45) is 0. The average Bonchev–Trinajstić information content (AvgIpc) is 2.86. The lowest BCUT2D eigenvalue weighted by Crippen LogP contribution is -2.26. The van der Waals surface area contributed by atoms with Gasteiger partial charge in [-0.05, 0) is 60.5 Å². The van der Waals surface area contributed by atoms with Gasteiger partial charge in [-0.15, -0.1) is 0 Å². The first-order valence-electron chi connectivity index (χ1n) is 10.6. The van der Waals surface area contributed by atoms with Crippen molar-refractivity contribution in [2.75, 3.05) is 20.8 Å². The zero-order chi connectivity index (χ0) is 23.6. The van der Waals surface area contributed by atoms with Gasteiger partial charge in [0.1, 0.15) is 17.2 Å². The number of carbonyl (C=O) groups is 2. The van der Waals surface area contributed by atoms with Crippen molar-refractivity contribution in [2.45, 2.75) is 20.0 Å². The summed E-state index contributed by atoms with van der Waals surface area (Å²) in [5, 5.41) is 5.76. The van der Waals surface area contributed by atoms with Crippen LogP contribution in [0.1, 0.15) is 38.8 Å². The van der Waals surface area contributed by atoms with Gasteiger partial charge in [-0.2, -0.15) is 0 Å². The Bertz CT molecular complexity index is 1110. The molecule has 0 bridgehead atoms. The molecule has 0 aromatic heterocycles. The fourth-order valence-corrected chi connectivity index (χ4v) is 3.26. The molecule has 0 aliphatic heterocycles. The zero-order valence-corrected chi connectivity index (χ0v) is 19.0. The summed E-state index contributed by atoms with van der Waals surface area (Å²) >= 11 is 0. The minimum atomic E-state index is -0.330. The van der Waals surface area contributed by atoms with Crippen molar-refractivity contribution in [3.63, 3.8) is 0 Å². The quantitative estimate of drug-likeness (QED) is 0.490. The van der Waals surface area contributed by atoms with Crippen molar-refractivity contribution in [1.82, 2.24) is 10.6 Å². The second-order valence-corrected chi connectivity index (χ2v) is 7.21. The van der Waals surface area contributed by atoms with Crippen LogP contribution in [-0.2, 0) is 13.1 Å². The van der Waals surface area contributed by atoms with E-state index in [4.69, 9.17) is 14.2 Å². The molecule has 2 N–H and O–H groups in total. The maximum absolute atomic E-state index is 12.9. The number of carbonyl (C=O) groups excluding carboxylic acids is 2. The van der Waals surface area contributed by atoms with Crippen molar-refractivity contribution in [2.24, 2.45) is 0 Å². The molecule has 0 saturated heterocycles. The highest BCUT2D eigenvalue weighted by Gasteiger charge is 2.16. The molecule has 33 heavy (non-hydrogen) atoms. The van der Waals surface area contributed by atoms with Crippen LogP contribution in [0, 0.1) is 0 Å². The fourth-order valence-electron chi connectivity index (χ4n) is 3.26. The van der Waals surface area contributed by atoms with Gasteiger partial charge < -0.3 is 24.8 Å². The van der Waals surface area contributed by atoms with E-state index in [2.05, 4.69) is 10.6 Å². The minimum Gasteiger partial charge on any atom is -0.497 e. The largest absolute Gasteiger partial charge is 0.497 e. The van der Waals surface area contributed by atoms with E-state index in [1.807, 2.05) is 55.5 Å². The van der Waals surface area contributed by atoms with Crippen LogP contribution < -0.4 is 24.8 Å². The van der Waals surface area contributed by atoms with Gasteiger partial charge >= 0.3 is 0 Å². The Hall–Kier alpha value is -4.00. The first-order valence-corrected chi connectivity index (χ1v) is 10.6. The van der Waals surface area contributed by atoms with E-state index in [0.29, 0.717) is 42.3 Å². The number of hydrogen-bond donors (Lipinski definition) is 2. The Morgan fingerprint density at radius 3 is 1.88 bits per heavy atom. The molecular formula is C26H28N2O5. The number of benzene rings is 3. The van der Waals surface area contributed by atoms with Crippen LogP contribution in [0.5, 0.6) is 17.2 Å². The molecule has 3 aromatic rings. The maximum atomic E-state index is 12.9. The first-order chi connectivity index (χ1) is 16.0. The van der Waals surface area contributed by atoms with Crippen LogP contribution in [0.25, 0.3) is 0 Å². The lowest BCUT2D eigenvalue weighted by Gasteiger charge is -2.13. The van der Waals surface area contributed by atoms with Crippen molar-refractivity contribution < 1.29 is 23.8 Å². The highest BCUT2D eigenvalue weighted by Crippen LogP contribution is 2.21. The molecular weight excluding hydrogens is 420 g/mol. The van der Waals surface area contributed by atoms with E-state index in [9.17, 15) is 9.59 Å². The molecule has 7 heteroatoms. The molecule has 7 nitrogen and oxygen atoms in total. The van der Waals surface area contributed by atoms with Gasteiger partial charge in [0.25, 0.3) is 11.8 Å². The number of rotatable bonds is 10. The van der Waals surface area contributed by atoms with Gasteiger partial charge in [0.15, 0.2) is 0 Å². The maximum Gasteiger partial charge on any atom is 0.255 e. The average molecular weight is 449 g/mol. The Labute approximate surface area is 193 Å². The predicted molar refractivity (Wildman–Crippen MR) is 126 cm³/mol. The smallest absolute Gasteiger partial charge is 0.255 e. The summed E-state index contributed by atoms with van der Waals surface area (Å²) in [6, 6.07) is 19.7. The molecule has 0 aliphatic rings. The summed E-state index contributed by atoms with van der Waals surface area (Å²) in [5.41, 5.74) is 2.47. The summed E-state index contributed by atoms with van der Waals surface area (Å²) in [4.78, 5) is 25.7. The molecule has 172 valence electrons. The van der Waals surface area contributed by atoms with E-state index in [1.54, 1.807) is 32.4 Å². The molecule has 0 heterocycles. The topological polar surface area (TPSA) is 85.9 Å². The molecule has 0 atom stereocenters. The second-order valence-electron chi connectivity index (χ2n) is 7.21. The molecule has 0 spiro atoms. The second kappa shape index (κ2) is 11.6. The molecule has 0 radical (unpaired) electrons. The molecule has 2 amide bonds. The van der Waals surface area contributed by atoms with E-state index in [0.717, 1.165) is 16.9 Å². The van der Waals surface area contributed by atoms with Crippen LogP contribution in [0.4, 0.5) is 0 Å². The SMILES string of the molecule is CCOc1ccc(C(=O)NCc2cccc(OC)c2)cc1C(=O)NCc1cccc(OC)c1. The van der Waals surface area contributed by atoms with Crippen LogP contribution in [0.2, 0.25) is 0 Å². The first kappa shape index (κ1) is 23.7. The number of nitrogens with one attached hydrogen (secondary N) is 2. The Balaban J connectivity index is 1.72. The third kappa shape index (κ3) is 6.49. The number of methoxy groups -OCH3 is 2. The van der Waals surface area contributed by atoms with Crippen molar-refractivity contribution in [3.05, 3.63) is 89.0 Å². The molecule has 0 unspecified atom stereocenters. The standard InChI is InChI=1S/C26H28N2O5/c1-4-33-24-12-11-20(25(29)27-16-18-7-5-9-21(13-18)31-2)15-23(24)26(30)28-17-19-8-6-10-22(14-19)32-3/h5-15H,4,16-17H2,1-3H3,(H,27,29)(H,28,30). The van der Waals surface area contributed by atoms with E-state index >= 15 is 0 Å². The van der Waals surface area contributed by atoms with Gasteiger partial charge in [-0.3, -0.25) is 9.59 Å². The normalized spacial score (nSPS) is 10.3. The molecule has 3 aromatic carbocycles. The minimum absolute atomic E-state index is 0.289. The van der Waals surface area contributed by atoms with Crippen molar-refractivity contribution in [1.29, 1.82) is 0 Å². The Kier molecular flexibility index (Phi) is 8.30. The van der Waals surface area contributed by atoms with E-state index in [-0.39, 0.29) is 11.8 Å². The number of ether oxygens (including phenoxy) is 3. The summed E-state index contributed by atoms with van der Waals surface area (Å²) in [5.74, 6) is 1.24. The van der Waals surface area contributed by atoms with E-state index in [1.165, 1.54) is 0 Å². The van der Waals surface area contributed by atoms with Gasteiger partial charge in [-0.25, -0.2) is 0 Å². The van der Waals surface area contributed by atoms with Crippen molar-refractivity contribution in [3.8, 4) is 17.2 Å². The third-order valence-corrected chi connectivity index (χ3v) is 4.96. The number of hydrogen-bond acceptors (Lipinski definition) is 5. The molecule has 0 saturated carbocycles. The lowest BCUT2D eigenvalue weighted by molar-refractivity contribution is 0.0947. The zero-order valence-electron chi connectivity index (χ0n) is 19.0. The van der Waals surface area contributed by atoms with Gasteiger partial charge in [-0.1, -0.05) is 24.3 Å². The predicted octanol–water partition coefficient (Wildman–Crippen LogP) is 3.96. The summed E-state index contributed by atoms with van der Waals surface area (Å²) in [6.45, 7) is 2.89. The molecule has 0 aliphatic carbocycles. The van der Waals surface area contributed by atoms with Gasteiger partial charge in [0.05, 0.1) is 26.4 Å². The summed E-state index contributed by atoms with van der Waals surface area (Å²) < 4.78 is 16.0. The number of amides is 2.